The van der Waals surface area contributed by atoms with E-state index < -0.39 is 0 Å². The average Bonchev–Trinajstić information content (AvgIpc) is 2.50. The van der Waals surface area contributed by atoms with Crippen LogP contribution >= 0.6 is 12.4 Å². The highest BCUT2D eigenvalue weighted by Gasteiger charge is 2.33. The maximum absolute atomic E-state index is 12.6. The van der Waals surface area contributed by atoms with Crippen LogP contribution in [0.5, 0.6) is 11.5 Å². The molecule has 0 aliphatic carbocycles. The van der Waals surface area contributed by atoms with Gasteiger partial charge < -0.3 is 19.7 Å². The minimum Gasteiger partial charge on any atom is -0.486 e. The monoisotopic (exact) mass is 340 g/mol. The number of carbonyl (C=O) groups excluding carboxylic acids is 1. The van der Waals surface area contributed by atoms with E-state index in [1.165, 1.54) is 0 Å². The van der Waals surface area contributed by atoms with Gasteiger partial charge in [0.25, 0.3) is 0 Å². The highest BCUT2D eigenvalue weighted by Crippen LogP contribution is 2.31. The maximum atomic E-state index is 12.6. The first-order chi connectivity index (χ1) is 10.7. The van der Waals surface area contributed by atoms with Crippen LogP contribution in [0, 0.1) is 11.8 Å². The molecule has 3 rings (SSSR count). The van der Waals surface area contributed by atoms with E-state index in [-0.39, 0.29) is 30.3 Å². The van der Waals surface area contributed by atoms with Crippen LogP contribution in [0.25, 0.3) is 0 Å². The van der Waals surface area contributed by atoms with E-state index in [1.807, 2.05) is 43.0 Å². The van der Waals surface area contributed by atoms with Gasteiger partial charge in [0.05, 0.1) is 6.54 Å². The fourth-order valence-corrected chi connectivity index (χ4v) is 2.93. The third-order valence-electron chi connectivity index (χ3n) is 4.59. The number of likely N-dealkylation sites (N-methyl/N-ethyl adjacent to an activating group) is 1. The zero-order chi connectivity index (χ0) is 15.5. The number of amides is 1. The molecule has 0 spiro atoms. The molecule has 1 saturated heterocycles. The molecule has 6 heteroatoms. The van der Waals surface area contributed by atoms with Crippen LogP contribution in [0.4, 0.5) is 0 Å². The van der Waals surface area contributed by atoms with Gasteiger partial charge in [-0.3, -0.25) is 4.79 Å². The summed E-state index contributed by atoms with van der Waals surface area (Å²) in [4.78, 5) is 14.5. The van der Waals surface area contributed by atoms with Crippen LogP contribution in [0.2, 0.25) is 0 Å². The quantitative estimate of drug-likeness (QED) is 0.890. The molecule has 2 heterocycles. The van der Waals surface area contributed by atoms with Crippen molar-refractivity contribution in [1.82, 2.24) is 10.2 Å². The molecule has 128 valence electrons. The van der Waals surface area contributed by atoms with Gasteiger partial charge in [-0.05, 0) is 38.1 Å². The molecule has 2 unspecified atom stereocenters. The first-order valence-corrected chi connectivity index (χ1v) is 8.07. The predicted octanol–water partition coefficient (Wildman–Crippen LogP) is 1.95. The Morgan fingerprint density at radius 2 is 2.04 bits per heavy atom. The van der Waals surface area contributed by atoms with Crippen molar-refractivity contribution in [2.75, 3.05) is 32.8 Å². The summed E-state index contributed by atoms with van der Waals surface area (Å²) in [5, 5.41) is 3.23. The number of nitrogens with one attached hydrogen (secondary N) is 1. The second kappa shape index (κ2) is 7.88. The number of nitrogens with zero attached hydrogens (tertiary/aromatic N) is 1. The minimum atomic E-state index is -0.106. The summed E-state index contributed by atoms with van der Waals surface area (Å²) >= 11 is 0. The van der Waals surface area contributed by atoms with Gasteiger partial charge in [-0.25, -0.2) is 0 Å². The van der Waals surface area contributed by atoms with E-state index in [4.69, 9.17) is 9.47 Å². The van der Waals surface area contributed by atoms with Crippen molar-refractivity contribution >= 4 is 18.3 Å². The third-order valence-corrected chi connectivity index (χ3v) is 4.59. The van der Waals surface area contributed by atoms with E-state index in [0.717, 1.165) is 24.6 Å². The molecule has 0 bridgehead atoms. The van der Waals surface area contributed by atoms with Crippen molar-refractivity contribution in [2.24, 2.45) is 11.8 Å². The number of fused-ring (bicyclic) bond motifs is 1. The van der Waals surface area contributed by atoms with Gasteiger partial charge >= 0.3 is 0 Å². The Labute approximate surface area is 143 Å². The van der Waals surface area contributed by atoms with E-state index in [1.54, 1.807) is 0 Å². The Balaban J connectivity index is 0.00000192. The molecule has 0 aromatic heterocycles. The van der Waals surface area contributed by atoms with Gasteiger partial charge in [0.1, 0.15) is 6.61 Å². The molecule has 1 aromatic carbocycles. The van der Waals surface area contributed by atoms with E-state index in [2.05, 4.69) is 5.32 Å². The molecule has 1 fully saturated rings. The van der Waals surface area contributed by atoms with Gasteiger partial charge in [0.2, 0.25) is 5.91 Å². The molecule has 0 saturated carbocycles. The molecule has 1 amide bonds. The number of halogens is 1. The number of hydrogen-bond donors (Lipinski definition) is 1. The highest BCUT2D eigenvalue weighted by molar-refractivity contribution is 5.85. The number of benzene rings is 1. The summed E-state index contributed by atoms with van der Waals surface area (Å²) in [5.74, 6) is 2.29. The van der Waals surface area contributed by atoms with Crippen molar-refractivity contribution in [3.8, 4) is 11.5 Å². The number of para-hydroxylation sites is 2. The summed E-state index contributed by atoms with van der Waals surface area (Å²) in [5.41, 5.74) is 0. The zero-order valence-electron chi connectivity index (χ0n) is 13.7. The Hall–Kier alpha value is -1.46. The Kier molecular flexibility index (Phi) is 6.13. The molecule has 2 aliphatic heterocycles. The Bertz CT molecular complexity index is 536. The number of ether oxygens (including phenoxy) is 2. The summed E-state index contributed by atoms with van der Waals surface area (Å²) in [6, 6.07) is 7.67. The van der Waals surface area contributed by atoms with E-state index in [0.29, 0.717) is 25.6 Å². The summed E-state index contributed by atoms with van der Waals surface area (Å²) in [7, 11) is 0. The lowest BCUT2D eigenvalue weighted by molar-refractivity contribution is -0.138. The molecule has 1 N–H and O–H groups in total. The molecule has 2 aliphatic rings. The second-order valence-corrected chi connectivity index (χ2v) is 6.08. The Morgan fingerprint density at radius 3 is 2.65 bits per heavy atom. The van der Waals surface area contributed by atoms with Gasteiger partial charge in [0.15, 0.2) is 17.6 Å². The van der Waals surface area contributed by atoms with Gasteiger partial charge in [0, 0.05) is 12.5 Å². The van der Waals surface area contributed by atoms with Crippen LogP contribution in [-0.2, 0) is 4.79 Å². The first kappa shape index (κ1) is 17.9. The summed E-state index contributed by atoms with van der Waals surface area (Å²) in [6.07, 6.45) is -0.106. The van der Waals surface area contributed by atoms with Crippen molar-refractivity contribution in [3.63, 3.8) is 0 Å². The zero-order valence-corrected chi connectivity index (χ0v) is 14.5. The van der Waals surface area contributed by atoms with E-state index >= 15 is 0 Å². The smallest absolute Gasteiger partial charge is 0.225 e. The lowest BCUT2D eigenvalue weighted by atomic mass is 9.88. The molecule has 23 heavy (non-hydrogen) atoms. The standard InChI is InChI=1S/C17H24N2O3.ClH/c1-3-19(17(20)12(2)13-8-18-9-13)10-14-11-21-15-6-4-5-7-16(15)22-14;/h4-7,12-14,18H,3,8-11H2,1-2H3;1H. The summed E-state index contributed by atoms with van der Waals surface area (Å²) < 4.78 is 11.7. The lowest BCUT2D eigenvalue weighted by Gasteiger charge is -2.36. The van der Waals surface area contributed by atoms with Gasteiger partial charge in [-0.2, -0.15) is 0 Å². The number of hydrogen-bond acceptors (Lipinski definition) is 4. The molecule has 5 nitrogen and oxygen atoms in total. The van der Waals surface area contributed by atoms with Crippen LogP contribution in [0.3, 0.4) is 0 Å². The summed E-state index contributed by atoms with van der Waals surface area (Å²) in [6.45, 7) is 7.70. The fourth-order valence-electron chi connectivity index (χ4n) is 2.93. The van der Waals surface area contributed by atoms with Crippen LogP contribution in [0.15, 0.2) is 24.3 Å². The van der Waals surface area contributed by atoms with Crippen LogP contribution in [-0.4, -0.2) is 49.7 Å². The SMILES string of the molecule is CCN(CC1COc2ccccc2O1)C(=O)C(C)C1CNC1.Cl. The van der Waals surface area contributed by atoms with Crippen LogP contribution in [0.1, 0.15) is 13.8 Å². The van der Waals surface area contributed by atoms with Crippen molar-refractivity contribution in [3.05, 3.63) is 24.3 Å². The normalized spacial score (nSPS) is 20.9. The minimum absolute atomic E-state index is 0. The van der Waals surface area contributed by atoms with Crippen molar-refractivity contribution in [1.29, 1.82) is 0 Å². The second-order valence-electron chi connectivity index (χ2n) is 6.08. The van der Waals surface area contributed by atoms with Crippen molar-refractivity contribution < 1.29 is 14.3 Å². The first-order valence-electron chi connectivity index (χ1n) is 8.07. The van der Waals surface area contributed by atoms with Gasteiger partial charge in [-0.15, -0.1) is 12.4 Å². The van der Waals surface area contributed by atoms with Crippen LogP contribution < -0.4 is 14.8 Å². The molecule has 1 aromatic rings. The van der Waals surface area contributed by atoms with Crippen molar-refractivity contribution in [2.45, 2.75) is 20.0 Å². The van der Waals surface area contributed by atoms with Gasteiger partial charge in [-0.1, -0.05) is 19.1 Å². The third kappa shape index (κ3) is 3.90. The molecular formula is C17H25ClN2O3. The topological polar surface area (TPSA) is 50.8 Å². The number of rotatable bonds is 5. The lowest BCUT2D eigenvalue weighted by Crippen LogP contribution is -2.52. The molecule has 2 atom stereocenters. The molecular weight excluding hydrogens is 316 g/mol. The number of carbonyl (C=O) groups is 1. The Morgan fingerprint density at radius 1 is 1.35 bits per heavy atom. The highest BCUT2D eigenvalue weighted by atomic mass is 35.5. The predicted molar refractivity (Wildman–Crippen MR) is 91.4 cm³/mol. The largest absolute Gasteiger partial charge is 0.486 e. The maximum Gasteiger partial charge on any atom is 0.225 e. The van der Waals surface area contributed by atoms with E-state index in [9.17, 15) is 4.79 Å². The average molecular weight is 341 g/mol. The molecule has 0 radical (unpaired) electrons. The fraction of sp³-hybridized carbons (Fsp3) is 0.588.